The molecule has 1 aliphatic carbocycles. The molecule has 2 rings (SSSR count). The first kappa shape index (κ1) is 8.97. The number of hydrogen-bond donors (Lipinski definition) is 1. The van der Waals surface area contributed by atoms with Crippen LogP contribution in [0.1, 0.15) is 19.8 Å². The summed E-state index contributed by atoms with van der Waals surface area (Å²) in [5.74, 6) is 0.935. The van der Waals surface area contributed by atoms with Crippen molar-refractivity contribution in [1.82, 2.24) is 10.2 Å². The van der Waals surface area contributed by atoms with E-state index in [1.807, 2.05) is 0 Å². The van der Waals surface area contributed by atoms with Crippen molar-refractivity contribution in [3.8, 4) is 0 Å². The van der Waals surface area contributed by atoms with Crippen molar-refractivity contribution in [2.75, 3.05) is 13.6 Å². The summed E-state index contributed by atoms with van der Waals surface area (Å²) in [6, 6.07) is 1.34. The zero-order chi connectivity index (χ0) is 8.72. The molecule has 0 aromatic heterocycles. The van der Waals surface area contributed by atoms with Gasteiger partial charge in [0.15, 0.2) is 0 Å². The number of halogens is 1. The largest absolute Gasteiger partial charge is 0.310 e. The third kappa shape index (κ3) is 1.54. The summed E-state index contributed by atoms with van der Waals surface area (Å²) >= 11 is 3.76. The molecule has 2 fully saturated rings. The fourth-order valence-corrected chi connectivity index (χ4v) is 2.91. The van der Waals surface area contributed by atoms with Crippen LogP contribution in [0.15, 0.2) is 0 Å². The second kappa shape index (κ2) is 3.28. The van der Waals surface area contributed by atoms with Gasteiger partial charge in [-0.15, -0.1) is 0 Å². The molecule has 0 spiro atoms. The van der Waals surface area contributed by atoms with Crippen molar-refractivity contribution in [3.05, 3.63) is 0 Å². The Hall–Kier alpha value is 0.400. The zero-order valence-electron chi connectivity index (χ0n) is 7.76. The van der Waals surface area contributed by atoms with E-state index in [0.717, 1.165) is 12.5 Å². The van der Waals surface area contributed by atoms with Crippen molar-refractivity contribution in [1.29, 1.82) is 0 Å². The van der Waals surface area contributed by atoms with Gasteiger partial charge in [-0.05, 0) is 32.7 Å². The van der Waals surface area contributed by atoms with E-state index in [9.17, 15) is 0 Å². The van der Waals surface area contributed by atoms with Gasteiger partial charge >= 0.3 is 0 Å². The van der Waals surface area contributed by atoms with Crippen molar-refractivity contribution >= 4 is 15.9 Å². The number of piperazine rings is 1. The van der Waals surface area contributed by atoms with Crippen LogP contribution in [-0.2, 0) is 0 Å². The van der Waals surface area contributed by atoms with Gasteiger partial charge in [0.05, 0.1) is 4.95 Å². The molecular weight excluding hydrogens is 216 g/mol. The van der Waals surface area contributed by atoms with Crippen LogP contribution in [0.5, 0.6) is 0 Å². The summed E-state index contributed by atoms with van der Waals surface area (Å²) in [6.07, 6.45) is 2.84. The lowest BCUT2D eigenvalue weighted by Gasteiger charge is -2.41. The molecule has 2 nitrogen and oxygen atoms in total. The Morgan fingerprint density at radius 3 is 2.67 bits per heavy atom. The molecule has 1 heterocycles. The van der Waals surface area contributed by atoms with E-state index in [-0.39, 0.29) is 0 Å². The Balaban J connectivity index is 1.98. The van der Waals surface area contributed by atoms with Crippen molar-refractivity contribution in [2.45, 2.75) is 36.8 Å². The third-order valence-electron chi connectivity index (χ3n) is 3.16. The van der Waals surface area contributed by atoms with Crippen LogP contribution < -0.4 is 5.32 Å². The maximum absolute atomic E-state index is 3.76. The molecule has 1 saturated heterocycles. The molecule has 3 atom stereocenters. The Morgan fingerprint density at radius 2 is 2.08 bits per heavy atom. The van der Waals surface area contributed by atoms with Crippen molar-refractivity contribution in [3.63, 3.8) is 0 Å². The fraction of sp³-hybridized carbons (Fsp3) is 1.00. The lowest BCUT2D eigenvalue weighted by Crippen LogP contribution is -2.58. The summed E-state index contributed by atoms with van der Waals surface area (Å²) in [5.41, 5.74) is 0. The van der Waals surface area contributed by atoms with E-state index in [1.165, 1.54) is 12.8 Å². The summed E-state index contributed by atoms with van der Waals surface area (Å²) in [5, 5.41) is 3.62. The van der Waals surface area contributed by atoms with Gasteiger partial charge in [-0.25, -0.2) is 0 Å². The van der Waals surface area contributed by atoms with Crippen LogP contribution in [0, 0.1) is 5.92 Å². The number of nitrogens with zero attached hydrogens (tertiary/aromatic N) is 1. The van der Waals surface area contributed by atoms with Crippen molar-refractivity contribution < 1.29 is 0 Å². The molecule has 0 aromatic rings. The highest BCUT2D eigenvalue weighted by molar-refractivity contribution is 9.09. The smallest absolute Gasteiger partial charge is 0.0813 e. The molecule has 0 aromatic carbocycles. The highest BCUT2D eigenvalue weighted by Crippen LogP contribution is 2.37. The quantitative estimate of drug-likeness (QED) is 0.544. The molecule has 0 bridgehead atoms. The molecule has 12 heavy (non-hydrogen) atoms. The minimum absolute atomic E-state index is 0.536. The van der Waals surface area contributed by atoms with Crippen molar-refractivity contribution in [2.24, 2.45) is 5.92 Å². The maximum Gasteiger partial charge on any atom is 0.0813 e. The minimum atomic E-state index is 0.536. The van der Waals surface area contributed by atoms with Crippen LogP contribution in [0.2, 0.25) is 0 Å². The number of hydrogen-bond acceptors (Lipinski definition) is 2. The van der Waals surface area contributed by atoms with Crippen LogP contribution in [0.25, 0.3) is 0 Å². The van der Waals surface area contributed by atoms with Crippen LogP contribution >= 0.6 is 15.9 Å². The van der Waals surface area contributed by atoms with Gasteiger partial charge < -0.3 is 5.32 Å². The van der Waals surface area contributed by atoms with E-state index in [1.54, 1.807) is 0 Å². The van der Waals surface area contributed by atoms with E-state index < -0.39 is 0 Å². The second-order valence-corrected chi connectivity index (χ2v) is 5.10. The average Bonchev–Trinajstić information content (AvgIpc) is 2.84. The number of likely N-dealkylation sites (N-methyl/N-ethyl adjacent to an activating group) is 1. The van der Waals surface area contributed by atoms with E-state index in [4.69, 9.17) is 0 Å². The van der Waals surface area contributed by atoms with Gasteiger partial charge in [-0.3, -0.25) is 4.90 Å². The molecule has 0 amide bonds. The summed E-state index contributed by atoms with van der Waals surface area (Å²) < 4.78 is 0. The Bertz CT molecular complexity index is 170. The number of alkyl halides is 1. The topological polar surface area (TPSA) is 15.3 Å². The summed E-state index contributed by atoms with van der Waals surface area (Å²) in [6.45, 7) is 3.41. The van der Waals surface area contributed by atoms with Gasteiger partial charge in [0.25, 0.3) is 0 Å². The molecule has 3 heteroatoms. The van der Waals surface area contributed by atoms with E-state index >= 15 is 0 Å². The number of nitrogens with one attached hydrogen (secondary N) is 1. The first-order valence-electron chi connectivity index (χ1n) is 4.79. The highest BCUT2D eigenvalue weighted by Gasteiger charge is 2.40. The second-order valence-electron chi connectivity index (χ2n) is 4.16. The predicted molar refractivity (Wildman–Crippen MR) is 54.5 cm³/mol. The van der Waals surface area contributed by atoms with Crippen LogP contribution in [0.4, 0.5) is 0 Å². The molecule has 70 valence electrons. The maximum atomic E-state index is 3.76. The Kier molecular flexibility index (Phi) is 2.45. The third-order valence-corrected chi connectivity index (χ3v) is 4.37. The minimum Gasteiger partial charge on any atom is -0.310 e. The normalized spacial score (nSPS) is 44.8. The van der Waals surface area contributed by atoms with Crippen LogP contribution in [-0.4, -0.2) is 35.5 Å². The van der Waals surface area contributed by atoms with E-state index in [0.29, 0.717) is 17.0 Å². The molecule has 0 radical (unpaired) electrons. The lowest BCUT2D eigenvalue weighted by molar-refractivity contribution is 0.148. The lowest BCUT2D eigenvalue weighted by atomic mass is 10.1. The molecule has 1 saturated carbocycles. The summed E-state index contributed by atoms with van der Waals surface area (Å²) in [7, 11) is 2.21. The van der Waals surface area contributed by atoms with E-state index in [2.05, 4.69) is 40.1 Å². The predicted octanol–water partition coefficient (Wildman–Crippen LogP) is 1.41. The van der Waals surface area contributed by atoms with Gasteiger partial charge in [0.2, 0.25) is 0 Å². The van der Waals surface area contributed by atoms with Gasteiger partial charge in [0, 0.05) is 18.6 Å². The van der Waals surface area contributed by atoms with Gasteiger partial charge in [-0.1, -0.05) is 15.9 Å². The highest BCUT2D eigenvalue weighted by atomic mass is 79.9. The monoisotopic (exact) mass is 232 g/mol. The molecular formula is C9H17BrN2. The number of rotatable bonds is 1. The summed E-state index contributed by atoms with van der Waals surface area (Å²) in [4.78, 5) is 2.97. The molecule has 1 aliphatic heterocycles. The molecule has 2 aliphatic rings. The Morgan fingerprint density at radius 1 is 1.42 bits per heavy atom. The van der Waals surface area contributed by atoms with Crippen LogP contribution in [0.3, 0.4) is 0 Å². The SMILES string of the molecule is CC1CNC(C2CC2)C(Br)N1C. The Labute approximate surface area is 82.8 Å². The zero-order valence-corrected chi connectivity index (χ0v) is 9.34. The van der Waals surface area contributed by atoms with Gasteiger partial charge in [0.1, 0.15) is 0 Å². The first-order valence-corrected chi connectivity index (χ1v) is 5.71. The standard InChI is InChI=1S/C9H17BrN2/c1-6-5-11-8(7-3-4-7)9(10)12(6)2/h6-9,11H,3-5H2,1-2H3. The van der Waals surface area contributed by atoms with Gasteiger partial charge in [-0.2, -0.15) is 0 Å². The fourth-order valence-electron chi connectivity index (χ4n) is 1.89. The average molecular weight is 233 g/mol. The molecule has 3 unspecified atom stereocenters. The first-order chi connectivity index (χ1) is 5.70. The molecule has 1 N–H and O–H groups in total.